The van der Waals surface area contributed by atoms with Gasteiger partial charge in [0.25, 0.3) is 5.91 Å². The molecule has 3 rings (SSSR count). The average molecular weight is 285 g/mol. The quantitative estimate of drug-likeness (QED) is 0.837. The lowest BCUT2D eigenvalue weighted by molar-refractivity contribution is -0.122. The van der Waals surface area contributed by atoms with Crippen molar-refractivity contribution in [3.05, 3.63) is 35.9 Å². The predicted molar refractivity (Wildman–Crippen MR) is 81.9 cm³/mol. The molecule has 2 aliphatic carbocycles. The van der Waals surface area contributed by atoms with Crippen LogP contribution in [0.1, 0.15) is 44.0 Å². The first-order valence-electron chi connectivity index (χ1n) is 7.68. The van der Waals surface area contributed by atoms with E-state index in [0.29, 0.717) is 11.3 Å². The lowest BCUT2D eigenvalue weighted by atomic mass is 9.63. The molecule has 2 bridgehead atoms. The van der Waals surface area contributed by atoms with Gasteiger partial charge in [0, 0.05) is 24.4 Å². The second-order valence-electron chi connectivity index (χ2n) is 7.18. The van der Waals surface area contributed by atoms with Crippen molar-refractivity contribution in [3.63, 3.8) is 0 Å². The number of fused-ring (bicyclic) bond motifs is 2. The number of carbonyl (C=O) groups excluding carboxylic acids is 2. The average Bonchev–Trinajstić information content (AvgIpc) is 2.92. The molecule has 0 N–H and O–H groups in total. The smallest absolute Gasteiger partial charge is 0.254 e. The van der Waals surface area contributed by atoms with E-state index in [0.717, 1.165) is 12.8 Å². The topological polar surface area (TPSA) is 37.4 Å². The van der Waals surface area contributed by atoms with Crippen molar-refractivity contribution in [1.29, 1.82) is 0 Å². The van der Waals surface area contributed by atoms with Gasteiger partial charge in [0.1, 0.15) is 5.78 Å². The lowest BCUT2D eigenvalue weighted by Gasteiger charge is -2.51. The van der Waals surface area contributed by atoms with Crippen molar-refractivity contribution in [1.82, 2.24) is 4.90 Å². The van der Waals surface area contributed by atoms with Gasteiger partial charge >= 0.3 is 0 Å². The van der Waals surface area contributed by atoms with Crippen LogP contribution in [0.2, 0.25) is 0 Å². The van der Waals surface area contributed by atoms with Crippen molar-refractivity contribution < 1.29 is 9.59 Å². The van der Waals surface area contributed by atoms with Gasteiger partial charge in [-0.25, -0.2) is 0 Å². The third-order valence-electron chi connectivity index (χ3n) is 6.31. The van der Waals surface area contributed by atoms with Crippen LogP contribution in [0, 0.1) is 17.3 Å². The summed E-state index contributed by atoms with van der Waals surface area (Å²) >= 11 is 0. The zero-order valence-electron chi connectivity index (χ0n) is 13.2. The summed E-state index contributed by atoms with van der Waals surface area (Å²) in [6, 6.07) is 9.33. The van der Waals surface area contributed by atoms with Crippen LogP contribution in [0.3, 0.4) is 0 Å². The number of hydrogen-bond donors (Lipinski definition) is 0. The second-order valence-corrected chi connectivity index (χ2v) is 7.18. The molecule has 2 saturated carbocycles. The number of ketones is 1. The Bertz CT molecular complexity index is 592. The minimum atomic E-state index is -0.403. The van der Waals surface area contributed by atoms with E-state index in [9.17, 15) is 9.59 Å². The molecule has 1 aromatic carbocycles. The highest BCUT2D eigenvalue weighted by Gasteiger charge is 2.67. The Morgan fingerprint density at radius 2 is 1.67 bits per heavy atom. The first kappa shape index (κ1) is 14.3. The number of benzene rings is 1. The molecule has 2 aliphatic rings. The molecule has 3 heteroatoms. The maximum Gasteiger partial charge on any atom is 0.254 e. The molecule has 0 saturated heterocycles. The lowest BCUT2D eigenvalue weighted by Crippen LogP contribution is -2.59. The van der Waals surface area contributed by atoms with Gasteiger partial charge in [-0.15, -0.1) is 0 Å². The molecule has 1 aromatic rings. The van der Waals surface area contributed by atoms with Gasteiger partial charge in [0.05, 0.1) is 5.54 Å². The Balaban J connectivity index is 1.99. The Labute approximate surface area is 126 Å². The number of amides is 1. The van der Waals surface area contributed by atoms with E-state index >= 15 is 0 Å². The Morgan fingerprint density at radius 1 is 1.10 bits per heavy atom. The van der Waals surface area contributed by atoms with Crippen molar-refractivity contribution in [2.24, 2.45) is 17.3 Å². The van der Waals surface area contributed by atoms with Crippen LogP contribution in [0.25, 0.3) is 0 Å². The van der Waals surface area contributed by atoms with Crippen LogP contribution in [0.15, 0.2) is 30.3 Å². The van der Waals surface area contributed by atoms with Gasteiger partial charge in [-0.2, -0.15) is 0 Å². The third-order valence-corrected chi connectivity index (χ3v) is 6.31. The maximum absolute atomic E-state index is 12.8. The SMILES string of the molecule is CN(C(=O)c1ccccc1)[C@]1(C)[C@H]2CC[C@@H](C2=O)C1(C)C. The minimum absolute atomic E-state index is 0.00604. The second kappa shape index (κ2) is 4.43. The van der Waals surface area contributed by atoms with Gasteiger partial charge in [-0.3, -0.25) is 9.59 Å². The van der Waals surface area contributed by atoms with Gasteiger partial charge in [0.15, 0.2) is 0 Å². The Kier molecular flexibility index (Phi) is 3.01. The van der Waals surface area contributed by atoms with E-state index in [2.05, 4.69) is 20.8 Å². The Morgan fingerprint density at radius 3 is 2.19 bits per heavy atom. The third kappa shape index (κ3) is 1.66. The number of carbonyl (C=O) groups is 2. The summed E-state index contributed by atoms with van der Waals surface area (Å²) in [5, 5.41) is 0. The van der Waals surface area contributed by atoms with Crippen molar-refractivity contribution in [2.75, 3.05) is 7.05 Å². The molecule has 21 heavy (non-hydrogen) atoms. The summed E-state index contributed by atoms with van der Waals surface area (Å²) in [5.41, 5.74) is 0.110. The first-order valence-corrected chi connectivity index (χ1v) is 7.68. The summed E-state index contributed by atoms with van der Waals surface area (Å²) < 4.78 is 0. The zero-order chi connectivity index (χ0) is 15.4. The zero-order valence-corrected chi connectivity index (χ0v) is 13.2. The molecule has 0 aromatic heterocycles. The highest BCUT2D eigenvalue weighted by Crippen LogP contribution is 2.61. The molecule has 0 radical (unpaired) electrons. The van der Waals surface area contributed by atoms with Crippen LogP contribution < -0.4 is 0 Å². The summed E-state index contributed by atoms with van der Waals surface area (Å²) in [5.74, 6) is 0.440. The summed E-state index contributed by atoms with van der Waals surface area (Å²) in [4.78, 5) is 27.2. The van der Waals surface area contributed by atoms with Crippen molar-refractivity contribution in [2.45, 2.75) is 39.2 Å². The van der Waals surface area contributed by atoms with E-state index in [1.54, 1.807) is 0 Å². The summed E-state index contributed by atoms with van der Waals surface area (Å²) in [6.07, 6.45) is 1.88. The molecule has 3 nitrogen and oxygen atoms in total. The van der Waals surface area contributed by atoms with E-state index in [1.807, 2.05) is 42.3 Å². The largest absolute Gasteiger partial charge is 0.335 e. The standard InChI is InChI=1S/C18H23NO2/c1-17(2)13-10-11-14(15(13)20)18(17,3)19(4)16(21)12-8-6-5-7-9-12/h5-9,13-14H,10-11H2,1-4H3/t13-,14-,18+/m0/s1. The van der Waals surface area contributed by atoms with Crippen LogP contribution in [-0.4, -0.2) is 29.2 Å². The number of Topliss-reactive ketones (excluding diaryl/α,β-unsaturated/α-hetero) is 1. The van der Waals surface area contributed by atoms with E-state index in [4.69, 9.17) is 0 Å². The van der Waals surface area contributed by atoms with E-state index < -0.39 is 5.54 Å². The highest BCUT2D eigenvalue weighted by atomic mass is 16.2. The first-order chi connectivity index (χ1) is 9.81. The highest BCUT2D eigenvalue weighted by molar-refractivity contribution is 5.97. The molecule has 1 amide bonds. The Hall–Kier alpha value is -1.64. The molecular formula is C18H23NO2. The number of nitrogens with zero attached hydrogens (tertiary/aromatic N) is 1. The minimum Gasteiger partial charge on any atom is -0.335 e. The molecular weight excluding hydrogens is 262 g/mol. The number of hydrogen-bond acceptors (Lipinski definition) is 2. The predicted octanol–water partition coefficient (Wildman–Crippen LogP) is 3.15. The molecule has 0 unspecified atom stereocenters. The van der Waals surface area contributed by atoms with Crippen molar-refractivity contribution in [3.8, 4) is 0 Å². The molecule has 3 atom stereocenters. The fourth-order valence-corrected chi connectivity index (χ4v) is 4.59. The maximum atomic E-state index is 12.8. The van der Waals surface area contributed by atoms with Crippen LogP contribution in [0.4, 0.5) is 0 Å². The number of rotatable bonds is 2. The molecule has 0 aliphatic heterocycles. The van der Waals surface area contributed by atoms with E-state index in [-0.39, 0.29) is 23.2 Å². The fraction of sp³-hybridized carbons (Fsp3) is 0.556. The monoisotopic (exact) mass is 285 g/mol. The van der Waals surface area contributed by atoms with Gasteiger partial charge < -0.3 is 4.90 Å². The van der Waals surface area contributed by atoms with Crippen LogP contribution in [0.5, 0.6) is 0 Å². The molecule has 0 spiro atoms. The fourth-order valence-electron chi connectivity index (χ4n) is 4.59. The van der Waals surface area contributed by atoms with E-state index in [1.165, 1.54) is 0 Å². The van der Waals surface area contributed by atoms with Crippen molar-refractivity contribution >= 4 is 11.7 Å². The van der Waals surface area contributed by atoms with Crippen LogP contribution in [-0.2, 0) is 4.79 Å². The normalized spacial score (nSPS) is 33.2. The van der Waals surface area contributed by atoms with Gasteiger partial charge in [-0.1, -0.05) is 32.0 Å². The molecule has 2 fully saturated rings. The summed E-state index contributed by atoms with van der Waals surface area (Å²) in [6.45, 7) is 6.38. The molecule has 112 valence electrons. The van der Waals surface area contributed by atoms with Gasteiger partial charge in [-0.05, 0) is 37.3 Å². The molecule has 0 heterocycles. The summed E-state index contributed by atoms with van der Waals surface area (Å²) in [7, 11) is 1.85. The van der Waals surface area contributed by atoms with Gasteiger partial charge in [0.2, 0.25) is 0 Å². The van der Waals surface area contributed by atoms with Crippen LogP contribution >= 0.6 is 0 Å².